The molecule has 1 spiro atoms. The molecule has 1 aromatic carbocycles. The molecule has 6 nitrogen and oxygen atoms in total. The van der Waals surface area contributed by atoms with E-state index in [1.807, 2.05) is 26.1 Å². The first-order valence-corrected chi connectivity index (χ1v) is 9.03. The lowest BCUT2D eigenvalue weighted by molar-refractivity contribution is 0.156. The Kier molecular flexibility index (Phi) is 7.82. The second-order valence-corrected chi connectivity index (χ2v) is 6.79. The number of guanidine groups is 1. The number of methoxy groups -OCH3 is 1. The predicted octanol–water partition coefficient (Wildman–Crippen LogP) is 2.90. The van der Waals surface area contributed by atoms with Crippen LogP contribution < -0.4 is 14.8 Å². The van der Waals surface area contributed by atoms with Crippen LogP contribution in [0.4, 0.5) is 0 Å². The molecule has 2 aliphatic heterocycles. The molecule has 0 bridgehead atoms. The highest BCUT2D eigenvalue weighted by molar-refractivity contribution is 14.0. The highest BCUT2D eigenvalue weighted by Gasteiger charge is 2.42. The van der Waals surface area contributed by atoms with Crippen LogP contribution in [0.1, 0.15) is 25.3 Å². The Hall–Kier alpha value is -1.22. The van der Waals surface area contributed by atoms with Gasteiger partial charge in [-0.2, -0.15) is 0 Å². The summed E-state index contributed by atoms with van der Waals surface area (Å²) >= 11 is 0. The van der Waals surface area contributed by atoms with Crippen LogP contribution in [-0.4, -0.2) is 57.9 Å². The van der Waals surface area contributed by atoms with Gasteiger partial charge in [0.2, 0.25) is 0 Å². The predicted molar refractivity (Wildman–Crippen MR) is 114 cm³/mol. The average Bonchev–Trinajstić information content (AvgIpc) is 3.26. The van der Waals surface area contributed by atoms with Crippen molar-refractivity contribution < 1.29 is 14.2 Å². The monoisotopic (exact) mass is 475 g/mol. The Balaban J connectivity index is 0.00000243. The van der Waals surface area contributed by atoms with Crippen molar-refractivity contribution in [2.75, 3.05) is 47.1 Å². The van der Waals surface area contributed by atoms with E-state index in [-0.39, 0.29) is 24.0 Å². The van der Waals surface area contributed by atoms with Crippen LogP contribution in [0.25, 0.3) is 0 Å². The molecule has 0 saturated carbocycles. The summed E-state index contributed by atoms with van der Waals surface area (Å²) in [4.78, 5) is 6.82. The van der Waals surface area contributed by atoms with Gasteiger partial charge in [-0.3, -0.25) is 4.99 Å². The summed E-state index contributed by atoms with van der Waals surface area (Å²) < 4.78 is 16.6. The van der Waals surface area contributed by atoms with E-state index in [0.717, 1.165) is 55.7 Å². The number of nitrogens with zero attached hydrogens (tertiary/aromatic N) is 2. The number of halogens is 1. The second kappa shape index (κ2) is 9.64. The fraction of sp³-hybridized carbons (Fsp3) is 0.632. The summed E-state index contributed by atoms with van der Waals surface area (Å²) in [5, 5.41) is 3.48. The van der Waals surface area contributed by atoms with Gasteiger partial charge in [-0.15, -0.1) is 24.0 Å². The van der Waals surface area contributed by atoms with Crippen LogP contribution in [0, 0.1) is 5.41 Å². The van der Waals surface area contributed by atoms with Crippen LogP contribution in [0.5, 0.6) is 11.5 Å². The van der Waals surface area contributed by atoms with Crippen molar-refractivity contribution in [3.05, 3.63) is 23.8 Å². The lowest BCUT2D eigenvalue weighted by atomic mass is 9.87. The molecule has 0 aromatic heterocycles. The van der Waals surface area contributed by atoms with Gasteiger partial charge in [0.1, 0.15) is 0 Å². The van der Waals surface area contributed by atoms with E-state index < -0.39 is 0 Å². The Morgan fingerprint density at radius 3 is 2.85 bits per heavy atom. The van der Waals surface area contributed by atoms with Gasteiger partial charge in [-0.1, -0.05) is 6.07 Å². The van der Waals surface area contributed by atoms with E-state index in [4.69, 9.17) is 14.2 Å². The third-order valence-corrected chi connectivity index (χ3v) is 5.11. The maximum absolute atomic E-state index is 5.66. The Labute approximate surface area is 173 Å². The molecule has 1 unspecified atom stereocenters. The van der Waals surface area contributed by atoms with Crippen molar-refractivity contribution in [1.29, 1.82) is 0 Å². The molecule has 26 heavy (non-hydrogen) atoms. The zero-order valence-corrected chi connectivity index (χ0v) is 18.2. The number of nitrogens with one attached hydrogen (secondary N) is 1. The van der Waals surface area contributed by atoms with E-state index in [2.05, 4.69) is 21.3 Å². The first-order valence-electron chi connectivity index (χ1n) is 9.03. The normalized spacial score (nSPS) is 22.4. The van der Waals surface area contributed by atoms with Gasteiger partial charge in [-0.05, 0) is 37.5 Å². The molecule has 1 aromatic rings. The van der Waals surface area contributed by atoms with E-state index in [0.29, 0.717) is 18.6 Å². The van der Waals surface area contributed by atoms with Crippen LogP contribution in [0.15, 0.2) is 23.2 Å². The highest BCUT2D eigenvalue weighted by atomic mass is 127. The first kappa shape index (κ1) is 21.1. The SMILES string of the molecule is CCOc1cc(CNC(=NC)N2CCC3(CCOC3)C2)ccc1OC.I. The summed E-state index contributed by atoms with van der Waals surface area (Å²) in [6.07, 6.45) is 2.35. The quantitative estimate of drug-likeness (QED) is 0.404. The van der Waals surface area contributed by atoms with Crippen molar-refractivity contribution in [1.82, 2.24) is 10.2 Å². The molecular weight excluding hydrogens is 445 g/mol. The van der Waals surface area contributed by atoms with Crippen LogP contribution >= 0.6 is 24.0 Å². The molecule has 1 N–H and O–H groups in total. The fourth-order valence-corrected chi connectivity index (χ4v) is 3.70. The minimum Gasteiger partial charge on any atom is -0.493 e. The van der Waals surface area contributed by atoms with Crippen molar-refractivity contribution in [3.8, 4) is 11.5 Å². The number of hydrogen-bond donors (Lipinski definition) is 1. The number of likely N-dealkylation sites (tertiary alicyclic amines) is 1. The van der Waals surface area contributed by atoms with E-state index in [1.54, 1.807) is 7.11 Å². The molecule has 2 saturated heterocycles. The largest absolute Gasteiger partial charge is 0.493 e. The van der Waals surface area contributed by atoms with E-state index >= 15 is 0 Å². The van der Waals surface area contributed by atoms with Gasteiger partial charge in [0, 0.05) is 38.7 Å². The number of rotatable bonds is 5. The van der Waals surface area contributed by atoms with Crippen LogP contribution in [-0.2, 0) is 11.3 Å². The number of benzene rings is 1. The molecule has 0 radical (unpaired) electrons. The van der Waals surface area contributed by atoms with Crippen molar-refractivity contribution >= 4 is 29.9 Å². The van der Waals surface area contributed by atoms with Gasteiger partial charge in [0.25, 0.3) is 0 Å². The lowest BCUT2D eigenvalue weighted by Gasteiger charge is -2.25. The van der Waals surface area contributed by atoms with E-state index in [9.17, 15) is 0 Å². The highest BCUT2D eigenvalue weighted by Crippen LogP contribution is 2.38. The number of aliphatic imine (C=N–C) groups is 1. The van der Waals surface area contributed by atoms with Crippen LogP contribution in [0.3, 0.4) is 0 Å². The smallest absolute Gasteiger partial charge is 0.193 e. The standard InChI is InChI=1S/C19H29N3O3.HI/c1-4-25-17-11-15(5-6-16(17)23-3)12-21-18(20-2)22-9-7-19(13-22)8-10-24-14-19;/h5-6,11H,4,7-10,12-14H2,1-3H3,(H,20,21);1H. The Morgan fingerprint density at radius 1 is 1.35 bits per heavy atom. The molecule has 0 amide bonds. The molecule has 3 rings (SSSR count). The Bertz CT molecular complexity index is 618. The minimum absolute atomic E-state index is 0. The summed E-state index contributed by atoms with van der Waals surface area (Å²) in [5.41, 5.74) is 1.48. The zero-order chi connectivity index (χ0) is 17.7. The fourth-order valence-electron chi connectivity index (χ4n) is 3.70. The second-order valence-electron chi connectivity index (χ2n) is 6.79. The maximum Gasteiger partial charge on any atom is 0.193 e. The molecule has 2 aliphatic rings. The summed E-state index contributed by atoms with van der Waals surface area (Å²) in [6, 6.07) is 6.03. The van der Waals surface area contributed by atoms with Crippen molar-refractivity contribution in [2.24, 2.45) is 10.4 Å². The van der Waals surface area contributed by atoms with Gasteiger partial charge in [0.15, 0.2) is 17.5 Å². The number of hydrogen-bond acceptors (Lipinski definition) is 4. The summed E-state index contributed by atoms with van der Waals surface area (Å²) in [6.45, 7) is 7.14. The summed E-state index contributed by atoms with van der Waals surface area (Å²) in [7, 11) is 3.51. The molecule has 2 heterocycles. The van der Waals surface area contributed by atoms with Crippen LogP contribution in [0.2, 0.25) is 0 Å². The molecule has 2 fully saturated rings. The minimum atomic E-state index is 0. The lowest BCUT2D eigenvalue weighted by Crippen LogP contribution is -2.41. The third-order valence-electron chi connectivity index (χ3n) is 5.11. The molecule has 0 aliphatic carbocycles. The topological polar surface area (TPSA) is 55.3 Å². The van der Waals surface area contributed by atoms with Crippen molar-refractivity contribution in [2.45, 2.75) is 26.3 Å². The molecule has 7 heteroatoms. The molecular formula is C19H30IN3O3. The van der Waals surface area contributed by atoms with Gasteiger partial charge in [-0.25, -0.2) is 0 Å². The molecule has 1 atom stereocenters. The van der Waals surface area contributed by atoms with Gasteiger partial charge < -0.3 is 24.4 Å². The third kappa shape index (κ3) is 4.73. The average molecular weight is 475 g/mol. The zero-order valence-electron chi connectivity index (χ0n) is 15.9. The Morgan fingerprint density at radius 2 is 2.19 bits per heavy atom. The summed E-state index contributed by atoms with van der Waals surface area (Å²) in [5.74, 6) is 2.50. The molecule has 146 valence electrons. The van der Waals surface area contributed by atoms with Crippen molar-refractivity contribution in [3.63, 3.8) is 0 Å². The van der Waals surface area contributed by atoms with Gasteiger partial charge >= 0.3 is 0 Å². The van der Waals surface area contributed by atoms with E-state index in [1.165, 1.54) is 6.42 Å². The first-order chi connectivity index (χ1) is 12.2. The maximum atomic E-state index is 5.66. The van der Waals surface area contributed by atoms with Gasteiger partial charge in [0.05, 0.1) is 20.3 Å². The number of ether oxygens (including phenoxy) is 3.